The van der Waals surface area contributed by atoms with Crippen LogP contribution in [0.2, 0.25) is 0 Å². The zero-order valence-electron chi connectivity index (χ0n) is 12.2. The van der Waals surface area contributed by atoms with Crippen molar-refractivity contribution in [3.05, 3.63) is 35.9 Å². The lowest BCUT2D eigenvalue weighted by Gasteiger charge is -2.21. The Labute approximate surface area is 123 Å². The van der Waals surface area contributed by atoms with Crippen LogP contribution in [0.25, 0.3) is 0 Å². The molecule has 0 aliphatic heterocycles. The molecule has 3 N–H and O–H groups in total. The maximum absolute atomic E-state index is 12.2. The van der Waals surface area contributed by atoms with Crippen LogP contribution >= 0.6 is 0 Å². The van der Waals surface area contributed by atoms with Crippen LogP contribution in [0.3, 0.4) is 0 Å². The summed E-state index contributed by atoms with van der Waals surface area (Å²) in [7, 11) is 0. The first kappa shape index (κ1) is 16.7. The molecular formula is C15H20N2O4. The van der Waals surface area contributed by atoms with E-state index in [0.717, 1.165) is 12.0 Å². The van der Waals surface area contributed by atoms with Crippen LogP contribution in [0.15, 0.2) is 30.3 Å². The highest BCUT2D eigenvalue weighted by Crippen LogP contribution is 2.28. The summed E-state index contributed by atoms with van der Waals surface area (Å²) in [4.78, 5) is 34.0. The Balaban J connectivity index is 2.74. The fraction of sp³-hybridized carbons (Fsp3) is 0.400. The average molecular weight is 292 g/mol. The van der Waals surface area contributed by atoms with Crippen molar-refractivity contribution in [2.24, 2.45) is 11.7 Å². The Morgan fingerprint density at radius 1 is 1.24 bits per heavy atom. The van der Waals surface area contributed by atoms with E-state index in [1.165, 1.54) is 0 Å². The van der Waals surface area contributed by atoms with Gasteiger partial charge in [-0.2, -0.15) is 0 Å². The zero-order valence-corrected chi connectivity index (χ0v) is 12.2. The Morgan fingerprint density at radius 2 is 1.86 bits per heavy atom. The molecule has 2 atom stereocenters. The van der Waals surface area contributed by atoms with Crippen molar-refractivity contribution in [2.75, 3.05) is 6.61 Å². The van der Waals surface area contributed by atoms with E-state index in [2.05, 4.69) is 0 Å². The molecule has 21 heavy (non-hydrogen) atoms. The molecule has 0 unspecified atom stereocenters. The molecule has 0 aromatic heterocycles. The fourth-order valence-corrected chi connectivity index (χ4v) is 1.99. The van der Waals surface area contributed by atoms with Gasteiger partial charge < -0.3 is 10.5 Å². The number of amides is 3. The summed E-state index contributed by atoms with van der Waals surface area (Å²) in [6.45, 7) is 3.40. The Morgan fingerprint density at radius 3 is 2.38 bits per heavy atom. The number of carbonyl (C=O) groups is 3. The van der Waals surface area contributed by atoms with Gasteiger partial charge in [0.1, 0.15) is 0 Å². The molecule has 1 aromatic carbocycles. The Hall–Kier alpha value is -2.37. The third kappa shape index (κ3) is 5.25. The van der Waals surface area contributed by atoms with Crippen molar-refractivity contribution < 1.29 is 19.1 Å². The maximum Gasteiger partial charge on any atom is 0.318 e. The number of ether oxygens (including phenoxy) is 1. The van der Waals surface area contributed by atoms with Gasteiger partial charge in [-0.05, 0) is 11.5 Å². The highest BCUT2D eigenvalue weighted by molar-refractivity contribution is 5.95. The normalized spacial score (nSPS) is 13.0. The van der Waals surface area contributed by atoms with Gasteiger partial charge in [0.25, 0.3) is 5.91 Å². The van der Waals surface area contributed by atoms with Gasteiger partial charge in [-0.1, -0.05) is 50.6 Å². The minimum Gasteiger partial charge on any atom is -0.455 e. The van der Waals surface area contributed by atoms with Crippen LogP contribution in [-0.2, 0) is 14.3 Å². The summed E-state index contributed by atoms with van der Waals surface area (Å²) < 4.78 is 4.99. The second kappa shape index (κ2) is 8.04. The highest BCUT2D eigenvalue weighted by atomic mass is 16.5. The van der Waals surface area contributed by atoms with Crippen molar-refractivity contribution in [3.8, 4) is 0 Å². The summed E-state index contributed by atoms with van der Waals surface area (Å²) in [6, 6.07) is 8.28. The number of nitrogens with two attached hydrogens (primary N) is 1. The van der Waals surface area contributed by atoms with E-state index in [1.54, 1.807) is 0 Å². The quantitative estimate of drug-likeness (QED) is 0.777. The van der Waals surface area contributed by atoms with Crippen molar-refractivity contribution in [1.82, 2.24) is 5.32 Å². The number of rotatable bonds is 6. The lowest BCUT2D eigenvalue weighted by Crippen LogP contribution is -2.38. The predicted octanol–water partition coefficient (Wildman–Crippen LogP) is 1.55. The van der Waals surface area contributed by atoms with Crippen molar-refractivity contribution in [1.29, 1.82) is 0 Å². The number of imide groups is 1. The van der Waals surface area contributed by atoms with Crippen LogP contribution < -0.4 is 11.1 Å². The molecule has 0 bridgehead atoms. The molecule has 114 valence electrons. The van der Waals surface area contributed by atoms with E-state index in [0.29, 0.717) is 0 Å². The van der Waals surface area contributed by atoms with Crippen LogP contribution in [0.1, 0.15) is 31.7 Å². The molecule has 6 heteroatoms. The SMILES string of the molecule is CC[C@@H](C)[C@@H](C(=O)OCC(=O)NC(N)=O)c1ccccc1. The van der Waals surface area contributed by atoms with Crippen molar-refractivity contribution >= 4 is 17.9 Å². The molecule has 0 saturated heterocycles. The number of benzene rings is 1. The number of hydrogen-bond donors (Lipinski definition) is 2. The molecule has 0 spiro atoms. The predicted molar refractivity (Wildman–Crippen MR) is 77.3 cm³/mol. The number of carbonyl (C=O) groups excluding carboxylic acids is 3. The smallest absolute Gasteiger partial charge is 0.318 e. The van der Waals surface area contributed by atoms with E-state index >= 15 is 0 Å². The van der Waals surface area contributed by atoms with E-state index < -0.39 is 30.4 Å². The van der Waals surface area contributed by atoms with Gasteiger partial charge in [-0.3, -0.25) is 14.9 Å². The molecular weight excluding hydrogens is 272 g/mol. The highest BCUT2D eigenvalue weighted by Gasteiger charge is 2.27. The van der Waals surface area contributed by atoms with Gasteiger partial charge >= 0.3 is 12.0 Å². The topological polar surface area (TPSA) is 98.5 Å². The minimum absolute atomic E-state index is 0.0686. The summed E-state index contributed by atoms with van der Waals surface area (Å²) >= 11 is 0. The average Bonchev–Trinajstić information content (AvgIpc) is 2.45. The molecule has 0 saturated carbocycles. The number of urea groups is 1. The first-order valence-corrected chi connectivity index (χ1v) is 6.76. The fourth-order valence-electron chi connectivity index (χ4n) is 1.99. The molecule has 0 aliphatic rings. The molecule has 1 rings (SSSR count). The Bertz CT molecular complexity index is 502. The number of nitrogens with one attached hydrogen (secondary N) is 1. The van der Waals surface area contributed by atoms with E-state index in [1.807, 2.05) is 49.5 Å². The second-order valence-corrected chi connectivity index (χ2v) is 4.79. The van der Waals surface area contributed by atoms with Crippen LogP contribution in [0.4, 0.5) is 4.79 Å². The molecule has 6 nitrogen and oxygen atoms in total. The maximum atomic E-state index is 12.2. The third-order valence-corrected chi connectivity index (χ3v) is 3.23. The summed E-state index contributed by atoms with van der Waals surface area (Å²) in [6.07, 6.45) is 0.794. The van der Waals surface area contributed by atoms with Gasteiger partial charge in [0, 0.05) is 0 Å². The van der Waals surface area contributed by atoms with Gasteiger partial charge in [0.15, 0.2) is 6.61 Å². The van der Waals surface area contributed by atoms with Crippen molar-refractivity contribution in [2.45, 2.75) is 26.2 Å². The number of hydrogen-bond acceptors (Lipinski definition) is 4. The molecule has 0 fully saturated rings. The molecule has 0 aliphatic carbocycles. The van der Waals surface area contributed by atoms with Crippen LogP contribution in [-0.4, -0.2) is 24.5 Å². The Kier molecular flexibility index (Phi) is 6.39. The third-order valence-electron chi connectivity index (χ3n) is 3.23. The van der Waals surface area contributed by atoms with Crippen LogP contribution in [0.5, 0.6) is 0 Å². The van der Waals surface area contributed by atoms with Gasteiger partial charge in [-0.15, -0.1) is 0 Å². The summed E-state index contributed by atoms with van der Waals surface area (Å²) in [5.41, 5.74) is 5.65. The zero-order chi connectivity index (χ0) is 15.8. The summed E-state index contributed by atoms with van der Waals surface area (Å²) in [5.74, 6) is -1.61. The number of primary amides is 1. The van der Waals surface area contributed by atoms with Gasteiger partial charge in [-0.25, -0.2) is 4.79 Å². The lowest BCUT2D eigenvalue weighted by atomic mass is 9.86. The van der Waals surface area contributed by atoms with E-state index in [9.17, 15) is 14.4 Å². The standard InChI is InChI=1S/C15H20N2O4/c1-3-10(2)13(11-7-5-4-6-8-11)14(19)21-9-12(18)17-15(16)20/h4-8,10,13H,3,9H2,1-2H3,(H3,16,17,18,20)/t10-,13-/m1/s1. The molecule has 3 amide bonds. The van der Waals surface area contributed by atoms with E-state index in [4.69, 9.17) is 10.5 Å². The van der Waals surface area contributed by atoms with E-state index in [-0.39, 0.29) is 5.92 Å². The first-order chi connectivity index (χ1) is 9.95. The molecule has 1 aromatic rings. The second-order valence-electron chi connectivity index (χ2n) is 4.79. The molecule has 0 radical (unpaired) electrons. The number of esters is 1. The van der Waals surface area contributed by atoms with Gasteiger partial charge in [0.2, 0.25) is 0 Å². The summed E-state index contributed by atoms with van der Waals surface area (Å²) in [5, 5.41) is 1.84. The molecule has 0 heterocycles. The van der Waals surface area contributed by atoms with Crippen LogP contribution in [0, 0.1) is 5.92 Å². The first-order valence-electron chi connectivity index (χ1n) is 6.76. The largest absolute Gasteiger partial charge is 0.455 e. The van der Waals surface area contributed by atoms with Gasteiger partial charge in [0.05, 0.1) is 5.92 Å². The van der Waals surface area contributed by atoms with Crippen molar-refractivity contribution in [3.63, 3.8) is 0 Å². The minimum atomic E-state index is -0.974. The lowest BCUT2D eigenvalue weighted by molar-refractivity contribution is -0.151. The monoisotopic (exact) mass is 292 g/mol.